The van der Waals surface area contributed by atoms with E-state index in [1.165, 1.54) is 0 Å². The van der Waals surface area contributed by atoms with Crippen LogP contribution in [0, 0.1) is 0 Å². The van der Waals surface area contributed by atoms with Crippen molar-refractivity contribution in [1.82, 2.24) is 9.88 Å². The normalized spacial score (nSPS) is 19.2. The molecule has 6 heteroatoms. The Hall–Kier alpha value is -1.82. The van der Waals surface area contributed by atoms with Crippen LogP contribution in [0.5, 0.6) is 0 Å². The van der Waals surface area contributed by atoms with Crippen LogP contribution in [0.1, 0.15) is 37.0 Å². The number of piperidine rings is 1. The third-order valence-corrected chi connectivity index (χ3v) is 3.70. The van der Waals surface area contributed by atoms with Crippen molar-refractivity contribution < 1.29 is 9.53 Å². The molecule has 1 unspecified atom stereocenters. The van der Waals surface area contributed by atoms with E-state index in [2.05, 4.69) is 22.1 Å². The Morgan fingerprint density at radius 2 is 2.38 bits per heavy atom. The van der Waals surface area contributed by atoms with Gasteiger partial charge in [0.1, 0.15) is 11.4 Å². The number of pyridine rings is 1. The maximum atomic E-state index is 12.0. The molecule has 0 bridgehead atoms. The molecule has 1 aromatic heterocycles. The Morgan fingerprint density at radius 3 is 3.10 bits per heavy atom. The maximum absolute atomic E-state index is 12.0. The average molecular weight is 292 g/mol. The molecule has 0 aliphatic carbocycles. The summed E-state index contributed by atoms with van der Waals surface area (Å²) < 4.78 is 5.07. The number of rotatable bonds is 5. The van der Waals surface area contributed by atoms with Crippen LogP contribution in [-0.2, 0) is 4.74 Å². The van der Waals surface area contributed by atoms with E-state index in [0.29, 0.717) is 29.7 Å². The summed E-state index contributed by atoms with van der Waals surface area (Å²) in [6.45, 7) is 7.41. The standard InChI is InChI=1S/C15H24N4O2/c1-3-19-7-5-6-12(10-19)18-14-13(15(20)21-4-2)8-11(16)9-17-14/h8-9,12H,3-7,10,16H2,1-2H3,(H,17,18). The zero-order valence-corrected chi connectivity index (χ0v) is 12.8. The molecule has 1 aliphatic rings. The lowest BCUT2D eigenvalue weighted by Gasteiger charge is -2.32. The van der Waals surface area contributed by atoms with Gasteiger partial charge in [-0.05, 0) is 38.9 Å². The second kappa shape index (κ2) is 7.26. The van der Waals surface area contributed by atoms with Gasteiger partial charge in [-0.1, -0.05) is 6.92 Å². The lowest BCUT2D eigenvalue weighted by molar-refractivity contribution is 0.0527. The van der Waals surface area contributed by atoms with Crippen molar-refractivity contribution in [2.75, 3.05) is 37.3 Å². The fraction of sp³-hybridized carbons (Fsp3) is 0.600. The lowest BCUT2D eigenvalue weighted by atomic mass is 10.1. The van der Waals surface area contributed by atoms with Gasteiger partial charge >= 0.3 is 5.97 Å². The minimum Gasteiger partial charge on any atom is -0.462 e. The highest BCUT2D eigenvalue weighted by Gasteiger charge is 2.22. The van der Waals surface area contributed by atoms with Gasteiger partial charge in [0.2, 0.25) is 0 Å². The highest BCUT2D eigenvalue weighted by atomic mass is 16.5. The van der Waals surface area contributed by atoms with Crippen molar-refractivity contribution >= 4 is 17.5 Å². The fourth-order valence-corrected chi connectivity index (χ4v) is 2.61. The summed E-state index contributed by atoms with van der Waals surface area (Å²) in [4.78, 5) is 18.7. The molecule has 0 radical (unpaired) electrons. The number of hydrogen-bond acceptors (Lipinski definition) is 6. The first-order chi connectivity index (χ1) is 10.1. The van der Waals surface area contributed by atoms with Crippen LogP contribution in [0.2, 0.25) is 0 Å². The summed E-state index contributed by atoms with van der Waals surface area (Å²) >= 11 is 0. The van der Waals surface area contributed by atoms with Crippen molar-refractivity contribution in [2.24, 2.45) is 0 Å². The number of nitrogens with one attached hydrogen (secondary N) is 1. The summed E-state index contributed by atoms with van der Waals surface area (Å²) in [7, 11) is 0. The van der Waals surface area contributed by atoms with E-state index in [4.69, 9.17) is 10.5 Å². The summed E-state index contributed by atoms with van der Waals surface area (Å²) in [5.41, 5.74) is 6.60. The molecule has 2 rings (SSSR count). The van der Waals surface area contributed by atoms with Gasteiger partial charge < -0.3 is 20.7 Å². The first-order valence-electron chi connectivity index (χ1n) is 7.55. The molecule has 0 spiro atoms. The van der Waals surface area contributed by atoms with E-state index in [1.54, 1.807) is 19.2 Å². The van der Waals surface area contributed by atoms with E-state index in [0.717, 1.165) is 32.5 Å². The van der Waals surface area contributed by atoms with Crippen LogP contribution in [-0.4, -0.2) is 48.1 Å². The van der Waals surface area contributed by atoms with E-state index in [9.17, 15) is 4.79 Å². The summed E-state index contributed by atoms with van der Waals surface area (Å²) in [5.74, 6) is 0.175. The summed E-state index contributed by atoms with van der Waals surface area (Å²) in [6, 6.07) is 1.91. The van der Waals surface area contributed by atoms with Gasteiger partial charge in [-0.2, -0.15) is 0 Å². The Bertz CT molecular complexity index is 493. The Kier molecular flexibility index (Phi) is 5.38. The monoisotopic (exact) mass is 292 g/mol. The molecular weight excluding hydrogens is 268 g/mol. The molecule has 1 fully saturated rings. The minimum absolute atomic E-state index is 0.294. The molecule has 0 aromatic carbocycles. The van der Waals surface area contributed by atoms with Gasteiger partial charge in [0.25, 0.3) is 0 Å². The van der Waals surface area contributed by atoms with Crippen molar-refractivity contribution in [3.8, 4) is 0 Å². The van der Waals surface area contributed by atoms with Crippen LogP contribution < -0.4 is 11.1 Å². The fourth-order valence-electron chi connectivity index (χ4n) is 2.61. The Morgan fingerprint density at radius 1 is 1.57 bits per heavy atom. The molecule has 2 heterocycles. The third-order valence-electron chi connectivity index (χ3n) is 3.70. The van der Waals surface area contributed by atoms with Crippen LogP contribution in [0.3, 0.4) is 0 Å². The van der Waals surface area contributed by atoms with Gasteiger partial charge in [-0.3, -0.25) is 0 Å². The molecule has 1 saturated heterocycles. The predicted molar refractivity (Wildman–Crippen MR) is 83.4 cm³/mol. The molecule has 1 aliphatic heterocycles. The van der Waals surface area contributed by atoms with Gasteiger partial charge in [0.15, 0.2) is 0 Å². The number of nitrogens with zero attached hydrogens (tertiary/aromatic N) is 2. The molecule has 0 amide bonds. The average Bonchev–Trinajstić information content (AvgIpc) is 2.49. The molecule has 0 saturated carbocycles. The zero-order chi connectivity index (χ0) is 15.2. The molecule has 21 heavy (non-hydrogen) atoms. The minimum atomic E-state index is -0.386. The van der Waals surface area contributed by atoms with Crippen LogP contribution in [0.25, 0.3) is 0 Å². The smallest absolute Gasteiger partial charge is 0.341 e. The van der Waals surface area contributed by atoms with E-state index >= 15 is 0 Å². The first kappa shape index (κ1) is 15.6. The van der Waals surface area contributed by atoms with Crippen molar-refractivity contribution in [1.29, 1.82) is 0 Å². The van der Waals surface area contributed by atoms with Crippen LogP contribution in [0.15, 0.2) is 12.3 Å². The van der Waals surface area contributed by atoms with Crippen LogP contribution >= 0.6 is 0 Å². The summed E-state index contributed by atoms with van der Waals surface area (Å²) in [6.07, 6.45) is 3.78. The molecule has 1 atom stereocenters. The second-order valence-corrected chi connectivity index (χ2v) is 5.26. The largest absolute Gasteiger partial charge is 0.462 e. The zero-order valence-electron chi connectivity index (χ0n) is 12.8. The number of esters is 1. The molecule has 1 aromatic rings. The summed E-state index contributed by atoms with van der Waals surface area (Å²) in [5, 5.41) is 3.37. The number of likely N-dealkylation sites (tertiary alicyclic amines) is 1. The lowest BCUT2D eigenvalue weighted by Crippen LogP contribution is -2.42. The van der Waals surface area contributed by atoms with Crippen molar-refractivity contribution in [3.05, 3.63) is 17.8 Å². The number of likely N-dealkylation sites (N-methyl/N-ethyl adjacent to an activating group) is 1. The van der Waals surface area contributed by atoms with Crippen LogP contribution in [0.4, 0.5) is 11.5 Å². The number of anilines is 2. The number of carbonyl (C=O) groups is 1. The molecular formula is C15H24N4O2. The van der Waals surface area contributed by atoms with Gasteiger partial charge in [-0.25, -0.2) is 9.78 Å². The molecule has 3 N–H and O–H groups in total. The van der Waals surface area contributed by atoms with E-state index in [1.807, 2.05) is 0 Å². The maximum Gasteiger partial charge on any atom is 0.341 e. The SMILES string of the molecule is CCOC(=O)c1cc(N)cnc1NC1CCCN(CC)C1. The quantitative estimate of drug-likeness (QED) is 0.805. The molecule has 116 valence electrons. The van der Waals surface area contributed by atoms with E-state index < -0.39 is 0 Å². The highest BCUT2D eigenvalue weighted by molar-refractivity contribution is 5.95. The number of nitrogen functional groups attached to an aromatic ring is 1. The third kappa shape index (κ3) is 4.07. The Labute approximate surface area is 125 Å². The van der Waals surface area contributed by atoms with Crippen molar-refractivity contribution in [2.45, 2.75) is 32.7 Å². The van der Waals surface area contributed by atoms with Gasteiger partial charge in [-0.15, -0.1) is 0 Å². The molecule has 6 nitrogen and oxygen atoms in total. The van der Waals surface area contributed by atoms with Gasteiger partial charge in [0, 0.05) is 12.6 Å². The predicted octanol–water partition coefficient (Wildman–Crippen LogP) is 1.74. The number of hydrogen-bond donors (Lipinski definition) is 2. The van der Waals surface area contributed by atoms with Gasteiger partial charge in [0.05, 0.1) is 18.5 Å². The number of ether oxygens (including phenoxy) is 1. The topological polar surface area (TPSA) is 80.5 Å². The number of nitrogens with two attached hydrogens (primary N) is 1. The number of aromatic nitrogens is 1. The van der Waals surface area contributed by atoms with E-state index in [-0.39, 0.29) is 5.97 Å². The van der Waals surface area contributed by atoms with Crippen molar-refractivity contribution in [3.63, 3.8) is 0 Å². The Balaban J connectivity index is 2.13. The highest BCUT2D eigenvalue weighted by Crippen LogP contribution is 2.20. The number of carbonyl (C=O) groups excluding carboxylic acids is 1. The second-order valence-electron chi connectivity index (χ2n) is 5.26. The first-order valence-corrected chi connectivity index (χ1v) is 7.55.